The molecule has 7 nitrogen and oxygen atoms in total. The van der Waals surface area contributed by atoms with Crippen molar-refractivity contribution in [2.24, 2.45) is 0 Å². The lowest BCUT2D eigenvalue weighted by Gasteiger charge is -2.20. The van der Waals surface area contributed by atoms with E-state index in [4.69, 9.17) is 4.74 Å². The van der Waals surface area contributed by atoms with Crippen LogP contribution in [0, 0.1) is 0 Å². The van der Waals surface area contributed by atoms with Crippen LogP contribution < -0.4 is 15.5 Å². The van der Waals surface area contributed by atoms with Crippen molar-refractivity contribution in [2.75, 3.05) is 48.9 Å². The molecule has 1 atom stereocenters. The smallest absolute Gasteiger partial charge is 0.231 e. The third-order valence-electron chi connectivity index (χ3n) is 2.80. The van der Waals surface area contributed by atoms with Crippen LogP contribution in [0.1, 0.15) is 27.7 Å². The highest BCUT2D eigenvalue weighted by atomic mass is 16.5. The first kappa shape index (κ1) is 16.4. The number of nitrogens with one attached hydrogen (secondary N) is 2. The quantitative estimate of drug-likeness (QED) is 0.712. The second-order valence-electron chi connectivity index (χ2n) is 4.49. The fourth-order valence-electron chi connectivity index (χ4n) is 1.83. The lowest BCUT2D eigenvalue weighted by Crippen LogP contribution is -2.27. The Bertz CT molecular complexity index is 396. The van der Waals surface area contributed by atoms with Crippen LogP contribution in [0.2, 0.25) is 0 Å². The first-order valence-corrected chi connectivity index (χ1v) is 7.14. The molecule has 0 radical (unpaired) electrons. The summed E-state index contributed by atoms with van der Waals surface area (Å²) in [6.07, 6.45) is 0. The first-order chi connectivity index (χ1) is 9.64. The maximum absolute atomic E-state index is 5.11. The molecule has 0 saturated carbocycles. The Morgan fingerprint density at radius 3 is 2.30 bits per heavy atom. The standard InChI is InChI=1S/C13H26N6O/c1-6-14-11-16-12(15-10(4)9-20-5)18-13(17-11)19(7-2)8-3/h10H,6-9H2,1-5H3,(H2,14,15,16,17,18). The molecule has 0 fully saturated rings. The zero-order valence-corrected chi connectivity index (χ0v) is 13.1. The lowest BCUT2D eigenvalue weighted by atomic mass is 10.4. The van der Waals surface area contributed by atoms with E-state index in [1.807, 2.05) is 13.8 Å². The molecule has 7 heteroatoms. The molecule has 0 aliphatic carbocycles. The van der Waals surface area contributed by atoms with Gasteiger partial charge in [0.1, 0.15) is 0 Å². The predicted octanol–water partition coefficient (Wildman–Crippen LogP) is 1.60. The molecule has 1 rings (SSSR count). The van der Waals surface area contributed by atoms with Crippen LogP contribution in [-0.4, -0.2) is 54.3 Å². The largest absolute Gasteiger partial charge is 0.383 e. The van der Waals surface area contributed by atoms with Gasteiger partial charge in [0, 0.05) is 32.8 Å². The van der Waals surface area contributed by atoms with E-state index in [0.717, 1.165) is 19.6 Å². The summed E-state index contributed by atoms with van der Waals surface area (Å²) in [5.41, 5.74) is 0. The average molecular weight is 282 g/mol. The number of ether oxygens (including phenoxy) is 1. The van der Waals surface area contributed by atoms with Crippen molar-refractivity contribution in [2.45, 2.75) is 33.7 Å². The molecular weight excluding hydrogens is 256 g/mol. The number of aromatic nitrogens is 3. The Morgan fingerprint density at radius 1 is 1.10 bits per heavy atom. The Morgan fingerprint density at radius 2 is 1.75 bits per heavy atom. The summed E-state index contributed by atoms with van der Waals surface area (Å²) in [4.78, 5) is 15.4. The van der Waals surface area contributed by atoms with Crippen molar-refractivity contribution in [3.05, 3.63) is 0 Å². The van der Waals surface area contributed by atoms with E-state index < -0.39 is 0 Å². The average Bonchev–Trinajstić information content (AvgIpc) is 2.40. The number of hydrogen-bond donors (Lipinski definition) is 2. The second-order valence-corrected chi connectivity index (χ2v) is 4.49. The number of hydrogen-bond acceptors (Lipinski definition) is 7. The highest BCUT2D eigenvalue weighted by Gasteiger charge is 2.12. The lowest BCUT2D eigenvalue weighted by molar-refractivity contribution is 0.190. The summed E-state index contributed by atoms with van der Waals surface area (Å²) in [5, 5.41) is 6.37. The predicted molar refractivity (Wildman–Crippen MR) is 82.5 cm³/mol. The molecule has 0 saturated heterocycles. The van der Waals surface area contributed by atoms with Crippen molar-refractivity contribution >= 4 is 17.8 Å². The van der Waals surface area contributed by atoms with Gasteiger partial charge in [-0.05, 0) is 27.7 Å². The number of methoxy groups -OCH3 is 1. The second kappa shape index (κ2) is 8.52. The number of nitrogens with zero attached hydrogens (tertiary/aromatic N) is 4. The van der Waals surface area contributed by atoms with E-state index in [1.54, 1.807) is 7.11 Å². The SMILES string of the molecule is CCNc1nc(NC(C)COC)nc(N(CC)CC)n1. The minimum absolute atomic E-state index is 0.140. The van der Waals surface area contributed by atoms with E-state index in [2.05, 4.69) is 44.3 Å². The van der Waals surface area contributed by atoms with Crippen LogP contribution in [0.5, 0.6) is 0 Å². The van der Waals surface area contributed by atoms with Gasteiger partial charge in [-0.15, -0.1) is 0 Å². The van der Waals surface area contributed by atoms with Gasteiger partial charge in [0.25, 0.3) is 0 Å². The highest BCUT2D eigenvalue weighted by Crippen LogP contribution is 2.14. The van der Waals surface area contributed by atoms with Crippen LogP contribution in [-0.2, 0) is 4.74 Å². The van der Waals surface area contributed by atoms with Gasteiger partial charge in [-0.1, -0.05) is 0 Å². The summed E-state index contributed by atoms with van der Waals surface area (Å²) in [7, 11) is 1.68. The summed E-state index contributed by atoms with van der Waals surface area (Å²) >= 11 is 0. The Hall–Kier alpha value is -1.63. The van der Waals surface area contributed by atoms with Gasteiger partial charge >= 0.3 is 0 Å². The monoisotopic (exact) mass is 282 g/mol. The van der Waals surface area contributed by atoms with Crippen LogP contribution in [0.25, 0.3) is 0 Å². The summed E-state index contributed by atoms with van der Waals surface area (Å²) in [5.74, 6) is 1.85. The van der Waals surface area contributed by atoms with Gasteiger partial charge < -0.3 is 20.3 Å². The first-order valence-electron chi connectivity index (χ1n) is 7.14. The van der Waals surface area contributed by atoms with Crippen LogP contribution in [0.4, 0.5) is 17.8 Å². The fourth-order valence-corrected chi connectivity index (χ4v) is 1.83. The molecule has 1 aromatic heterocycles. The minimum atomic E-state index is 0.140. The van der Waals surface area contributed by atoms with E-state index in [0.29, 0.717) is 24.5 Å². The molecule has 2 N–H and O–H groups in total. The van der Waals surface area contributed by atoms with Crippen molar-refractivity contribution in [3.8, 4) is 0 Å². The van der Waals surface area contributed by atoms with Gasteiger partial charge in [-0.2, -0.15) is 15.0 Å². The Kier molecular flexibility index (Phi) is 7.00. The maximum Gasteiger partial charge on any atom is 0.231 e. The molecule has 1 heterocycles. The minimum Gasteiger partial charge on any atom is -0.383 e. The molecular formula is C13H26N6O. The third kappa shape index (κ3) is 4.80. The van der Waals surface area contributed by atoms with Crippen molar-refractivity contribution in [3.63, 3.8) is 0 Å². The van der Waals surface area contributed by atoms with Crippen molar-refractivity contribution in [1.29, 1.82) is 0 Å². The molecule has 0 aliphatic heterocycles. The van der Waals surface area contributed by atoms with Gasteiger partial charge in [0.2, 0.25) is 17.8 Å². The molecule has 0 amide bonds. The highest BCUT2D eigenvalue weighted by molar-refractivity contribution is 5.44. The Balaban J connectivity index is 2.97. The molecule has 0 aromatic carbocycles. The summed E-state index contributed by atoms with van der Waals surface area (Å²) < 4.78 is 5.11. The molecule has 1 unspecified atom stereocenters. The normalized spacial score (nSPS) is 12.1. The van der Waals surface area contributed by atoms with Gasteiger partial charge in [-0.25, -0.2) is 0 Å². The van der Waals surface area contributed by atoms with E-state index in [-0.39, 0.29) is 6.04 Å². The van der Waals surface area contributed by atoms with Crippen LogP contribution in [0.15, 0.2) is 0 Å². The van der Waals surface area contributed by atoms with E-state index in [1.165, 1.54) is 0 Å². The molecule has 20 heavy (non-hydrogen) atoms. The zero-order chi connectivity index (χ0) is 15.0. The maximum atomic E-state index is 5.11. The van der Waals surface area contributed by atoms with Crippen LogP contribution in [0.3, 0.4) is 0 Å². The third-order valence-corrected chi connectivity index (χ3v) is 2.80. The fraction of sp³-hybridized carbons (Fsp3) is 0.769. The van der Waals surface area contributed by atoms with Crippen molar-refractivity contribution < 1.29 is 4.74 Å². The van der Waals surface area contributed by atoms with E-state index in [9.17, 15) is 0 Å². The molecule has 0 bridgehead atoms. The van der Waals surface area contributed by atoms with Gasteiger partial charge in [0.05, 0.1) is 6.61 Å². The molecule has 0 spiro atoms. The summed E-state index contributed by atoms with van der Waals surface area (Å²) in [6, 6.07) is 0.140. The molecule has 1 aromatic rings. The van der Waals surface area contributed by atoms with Crippen molar-refractivity contribution in [1.82, 2.24) is 15.0 Å². The zero-order valence-electron chi connectivity index (χ0n) is 13.1. The Labute approximate surface area is 121 Å². The topological polar surface area (TPSA) is 75.2 Å². The number of anilines is 3. The summed E-state index contributed by atoms with van der Waals surface area (Å²) in [6.45, 7) is 11.3. The molecule has 0 aliphatic rings. The molecule has 114 valence electrons. The number of rotatable bonds is 9. The van der Waals surface area contributed by atoms with Gasteiger partial charge in [0.15, 0.2) is 0 Å². The van der Waals surface area contributed by atoms with Gasteiger partial charge in [-0.3, -0.25) is 0 Å². The van der Waals surface area contributed by atoms with E-state index >= 15 is 0 Å². The van der Waals surface area contributed by atoms with Crippen LogP contribution >= 0.6 is 0 Å².